The Hall–Kier alpha value is -1.64. The topological polar surface area (TPSA) is 95.7 Å². The monoisotopic (exact) mass is 340 g/mol. The van der Waals surface area contributed by atoms with Crippen molar-refractivity contribution in [3.63, 3.8) is 0 Å². The molecule has 1 aliphatic rings. The average molecular weight is 340 g/mol. The minimum absolute atomic E-state index is 0. The number of benzene rings is 1. The molecule has 0 aliphatic carbocycles. The normalized spacial score (nSPS) is 16.1. The van der Waals surface area contributed by atoms with Crippen molar-refractivity contribution in [3.05, 3.63) is 23.8 Å². The summed E-state index contributed by atoms with van der Waals surface area (Å²) in [7, 11) is 0. The van der Waals surface area contributed by atoms with E-state index in [2.05, 4.69) is 0 Å². The molecule has 25 heavy (non-hydrogen) atoms. The van der Waals surface area contributed by atoms with E-state index in [0.717, 1.165) is 11.3 Å². The number of nitrogen functional groups attached to an aromatic ring is 1. The Morgan fingerprint density at radius 1 is 1.36 bits per heavy atom. The predicted molar refractivity (Wildman–Crippen MR) is 90.5 cm³/mol. The third kappa shape index (κ3) is 5.98. The third-order valence-electron chi connectivity index (χ3n) is 3.98. The number of carboxylic acids is 1. The standard InChI is InChI=1S/C18H26N2O4.Li/c1-18(2,3)24-16(23)11-20-10-12(6-4-9-15(21)22)17-13(19)7-5-8-14(17)20;/h5,7-8,12H,4,6,9-11,19H2,1-3H3,(H,21,22);/q;+1/p-1. The van der Waals surface area contributed by atoms with Gasteiger partial charge >= 0.3 is 24.8 Å². The van der Waals surface area contributed by atoms with Crippen LogP contribution in [-0.2, 0) is 14.3 Å². The zero-order valence-electron chi connectivity index (χ0n) is 15.5. The van der Waals surface area contributed by atoms with Gasteiger partial charge in [0.1, 0.15) is 12.1 Å². The van der Waals surface area contributed by atoms with E-state index in [-0.39, 0.29) is 43.7 Å². The fourth-order valence-electron chi connectivity index (χ4n) is 3.15. The number of hydrogen-bond acceptors (Lipinski definition) is 6. The number of esters is 1. The van der Waals surface area contributed by atoms with Crippen molar-refractivity contribution >= 4 is 23.3 Å². The second-order valence-electron chi connectivity index (χ2n) is 7.21. The maximum Gasteiger partial charge on any atom is 1.00 e. The number of anilines is 2. The quantitative estimate of drug-likeness (QED) is 0.382. The number of aliphatic carboxylic acids is 1. The van der Waals surface area contributed by atoms with E-state index in [1.54, 1.807) is 0 Å². The molecule has 0 saturated carbocycles. The number of carbonyl (C=O) groups is 2. The fourth-order valence-corrected chi connectivity index (χ4v) is 3.15. The first kappa shape index (κ1) is 21.4. The van der Waals surface area contributed by atoms with Crippen molar-refractivity contribution in [2.45, 2.75) is 51.6 Å². The van der Waals surface area contributed by atoms with Gasteiger partial charge in [0.25, 0.3) is 0 Å². The smallest absolute Gasteiger partial charge is 0.550 e. The molecule has 1 aromatic carbocycles. The molecule has 1 aliphatic heterocycles. The van der Waals surface area contributed by atoms with Gasteiger partial charge in [-0.05, 0) is 52.2 Å². The van der Waals surface area contributed by atoms with Crippen LogP contribution in [0.5, 0.6) is 0 Å². The molecular weight excluding hydrogens is 315 g/mol. The molecule has 0 amide bonds. The van der Waals surface area contributed by atoms with Gasteiger partial charge in [0.05, 0.1) is 0 Å². The first-order valence-electron chi connectivity index (χ1n) is 8.22. The van der Waals surface area contributed by atoms with Crippen LogP contribution in [0.1, 0.15) is 51.5 Å². The number of rotatable bonds is 6. The molecule has 1 unspecified atom stereocenters. The van der Waals surface area contributed by atoms with Crippen LogP contribution in [0.3, 0.4) is 0 Å². The van der Waals surface area contributed by atoms with Crippen molar-refractivity contribution in [2.75, 3.05) is 23.7 Å². The van der Waals surface area contributed by atoms with Gasteiger partial charge in [-0.2, -0.15) is 0 Å². The minimum Gasteiger partial charge on any atom is -0.550 e. The number of fused-ring (bicyclic) bond motifs is 1. The second-order valence-corrected chi connectivity index (χ2v) is 7.21. The minimum atomic E-state index is -1.04. The number of hydrogen-bond donors (Lipinski definition) is 1. The van der Waals surface area contributed by atoms with Gasteiger partial charge in [-0.3, -0.25) is 4.79 Å². The molecule has 1 atom stereocenters. The van der Waals surface area contributed by atoms with Gasteiger partial charge in [-0.1, -0.05) is 6.07 Å². The summed E-state index contributed by atoms with van der Waals surface area (Å²) >= 11 is 0. The third-order valence-corrected chi connectivity index (χ3v) is 3.98. The molecule has 0 aromatic heterocycles. The van der Waals surface area contributed by atoms with Crippen molar-refractivity contribution < 1.29 is 38.3 Å². The van der Waals surface area contributed by atoms with Crippen LogP contribution < -0.4 is 34.6 Å². The molecular formula is C18H25LiN2O4. The van der Waals surface area contributed by atoms with Gasteiger partial charge in [0, 0.05) is 35.4 Å². The maximum absolute atomic E-state index is 12.1. The molecule has 0 bridgehead atoms. The van der Waals surface area contributed by atoms with Crippen molar-refractivity contribution in [3.8, 4) is 0 Å². The fraction of sp³-hybridized carbons (Fsp3) is 0.556. The predicted octanol–water partition coefficient (Wildman–Crippen LogP) is -1.56. The SMILES string of the molecule is CC(C)(C)OC(=O)CN1CC(CCCC(=O)[O-])c2c(N)cccc21.[Li+]. The van der Waals surface area contributed by atoms with Crippen molar-refractivity contribution in [1.29, 1.82) is 0 Å². The Morgan fingerprint density at radius 2 is 2.04 bits per heavy atom. The van der Waals surface area contributed by atoms with E-state index in [1.165, 1.54) is 0 Å². The molecule has 1 aromatic rings. The summed E-state index contributed by atoms with van der Waals surface area (Å²) in [6.45, 7) is 6.30. The van der Waals surface area contributed by atoms with E-state index < -0.39 is 11.6 Å². The van der Waals surface area contributed by atoms with E-state index in [1.807, 2.05) is 43.9 Å². The summed E-state index contributed by atoms with van der Waals surface area (Å²) in [5, 5.41) is 10.6. The summed E-state index contributed by atoms with van der Waals surface area (Å²) < 4.78 is 5.39. The zero-order valence-corrected chi connectivity index (χ0v) is 15.5. The van der Waals surface area contributed by atoms with Crippen molar-refractivity contribution in [2.24, 2.45) is 0 Å². The van der Waals surface area contributed by atoms with E-state index in [0.29, 0.717) is 25.1 Å². The molecule has 2 rings (SSSR count). The molecule has 1 heterocycles. The first-order valence-corrected chi connectivity index (χ1v) is 8.22. The molecule has 0 saturated heterocycles. The zero-order chi connectivity index (χ0) is 17.9. The van der Waals surface area contributed by atoms with Crippen molar-refractivity contribution in [1.82, 2.24) is 0 Å². The molecule has 132 valence electrons. The average Bonchev–Trinajstić information content (AvgIpc) is 2.76. The van der Waals surface area contributed by atoms with Gasteiger partial charge in [-0.15, -0.1) is 0 Å². The molecule has 2 N–H and O–H groups in total. The van der Waals surface area contributed by atoms with Crippen LogP contribution in [0.4, 0.5) is 11.4 Å². The summed E-state index contributed by atoms with van der Waals surface area (Å²) in [5.41, 5.74) is 8.20. The summed E-state index contributed by atoms with van der Waals surface area (Å²) in [6.07, 6.45) is 1.26. The Labute approximate surface area is 160 Å². The van der Waals surface area contributed by atoms with Gasteiger partial charge < -0.3 is 25.3 Å². The number of nitrogens with two attached hydrogens (primary N) is 1. The first-order chi connectivity index (χ1) is 11.2. The van der Waals surface area contributed by atoms with Crippen LogP contribution in [0.25, 0.3) is 0 Å². The number of ether oxygens (including phenoxy) is 1. The number of carbonyl (C=O) groups excluding carboxylic acids is 2. The molecule has 0 fully saturated rings. The number of nitrogens with zero attached hydrogens (tertiary/aromatic N) is 1. The van der Waals surface area contributed by atoms with E-state index in [4.69, 9.17) is 10.5 Å². The van der Waals surface area contributed by atoms with Gasteiger partial charge in [0.15, 0.2) is 0 Å². The Kier molecular flexibility index (Phi) is 7.40. The van der Waals surface area contributed by atoms with Crippen LogP contribution >= 0.6 is 0 Å². The van der Waals surface area contributed by atoms with Crippen LogP contribution in [0.15, 0.2) is 18.2 Å². The van der Waals surface area contributed by atoms with Crippen LogP contribution in [0.2, 0.25) is 0 Å². The Bertz CT molecular complexity index is 628. The van der Waals surface area contributed by atoms with Gasteiger partial charge in [-0.25, -0.2) is 0 Å². The van der Waals surface area contributed by atoms with E-state index >= 15 is 0 Å². The number of carboxylic acid groups (broad SMARTS) is 1. The molecule has 6 nitrogen and oxygen atoms in total. The Balaban J connectivity index is 0.00000312. The van der Waals surface area contributed by atoms with Gasteiger partial charge in [0.2, 0.25) is 0 Å². The molecule has 0 spiro atoms. The van der Waals surface area contributed by atoms with E-state index in [9.17, 15) is 14.7 Å². The molecule has 7 heteroatoms. The second kappa shape index (κ2) is 8.64. The maximum atomic E-state index is 12.1. The largest absolute Gasteiger partial charge is 1.00 e. The summed E-state index contributed by atoms with van der Waals surface area (Å²) in [6, 6.07) is 5.64. The van der Waals surface area contributed by atoms with Crippen LogP contribution in [-0.4, -0.2) is 30.6 Å². The summed E-state index contributed by atoms with van der Waals surface area (Å²) in [4.78, 5) is 24.7. The van der Waals surface area contributed by atoms with Crippen LogP contribution in [0, 0.1) is 0 Å². The molecule has 0 radical (unpaired) electrons. The Morgan fingerprint density at radius 3 is 2.64 bits per heavy atom. The summed E-state index contributed by atoms with van der Waals surface area (Å²) in [5.74, 6) is -1.21.